The van der Waals surface area contributed by atoms with Gasteiger partial charge in [-0.05, 0) is 44.4 Å². The van der Waals surface area contributed by atoms with Crippen LogP contribution in [0.15, 0.2) is 53.8 Å². The van der Waals surface area contributed by atoms with Crippen LogP contribution < -0.4 is 4.74 Å². The molecule has 25 heavy (non-hydrogen) atoms. The molecule has 3 aliphatic heterocycles. The van der Waals surface area contributed by atoms with Crippen molar-refractivity contribution >= 4 is 12.0 Å². The van der Waals surface area contributed by atoms with E-state index >= 15 is 0 Å². The van der Waals surface area contributed by atoms with Crippen molar-refractivity contribution in [1.82, 2.24) is 4.90 Å². The quantitative estimate of drug-likeness (QED) is 0.734. The highest BCUT2D eigenvalue weighted by Crippen LogP contribution is 2.34. The Bertz CT molecular complexity index is 767. The number of para-hydroxylation sites is 1. The molecule has 0 bridgehead atoms. The number of carbonyl (C=O) groups is 1. The third kappa shape index (κ3) is 3.27. The van der Waals surface area contributed by atoms with E-state index in [2.05, 4.69) is 13.0 Å². The number of piperidine rings is 1. The summed E-state index contributed by atoms with van der Waals surface area (Å²) in [5, 5.41) is 0. The maximum atomic E-state index is 12.9. The summed E-state index contributed by atoms with van der Waals surface area (Å²) in [6.45, 7) is 4.39. The van der Waals surface area contributed by atoms with E-state index in [1.165, 1.54) is 5.57 Å². The number of benzene rings is 1. The predicted octanol–water partition coefficient (Wildman–Crippen LogP) is 3.70. The molecule has 1 amide bonds. The lowest BCUT2D eigenvalue weighted by Crippen LogP contribution is -2.48. The van der Waals surface area contributed by atoms with Gasteiger partial charge in [0.1, 0.15) is 5.75 Å². The van der Waals surface area contributed by atoms with Crippen LogP contribution in [0.4, 0.5) is 0 Å². The van der Waals surface area contributed by atoms with E-state index in [1.807, 2.05) is 35.2 Å². The summed E-state index contributed by atoms with van der Waals surface area (Å²) in [6, 6.07) is 7.75. The molecule has 0 atom stereocenters. The number of carbonyl (C=O) groups excluding carboxylic acids is 1. The zero-order valence-corrected chi connectivity index (χ0v) is 14.5. The monoisotopic (exact) mass is 337 g/mol. The second-order valence-corrected chi connectivity index (χ2v) is 7.00. The van der Waals surface area contributed by atoms with E-state index in [4.69, 9.17) is 9.47 Å². The van der Waals surface area contributed by atoms with Crippen LogP contribution in [-0.2, 0) is 9.53 Å². The lowest BCUT2D eigenvalue weighted by molar-refractivity contribution is -0.131. The number of hydrogen-bond acceptors (Lipinski definition) is 3. The molecule has 0 saturated carbocycles. The van der Waals surface area contributed by atoms with Crippen LogP contribution in [0.25, 0.3) is 6.08 Å². The highest BCUT2D eigenvalue weighted by atomic mass is 16.5. The number of ether oxygens (including phenoxy) is 2. The first kappa shape index (κ1) is 16.2. The number of fused-ring (bicyclic) bond motifs is 1. The summed E-state index contributed by atoms with van der Waals surface area (Å²) in [4.78, 5) is 14.9. The van der Waals surface area contributed by atoms with Gasteiger partial charge in [-0.1, -0.05) is 29.8 Å². The number of amides is 1. The van der Waals surface area contributed by atoms with Gasteiger partial charge in [0.2, 0.25) is 0 Å². The SMILES string of the molecule is CC1=CC2(CCN(C(=O)C3=Cc4ccccc4OC=C3)CC2)OCC1. The molecule has 4 nitrogen and oxygen atoms in total. The number of hydrogen-bond donors (Lipinski definition) is 0. The summed E-state index contributed by atoms with van der Waals surface area (Å²) in [5.74, 6) is 0.832. The molecule has 4 heteroatoms. The summed E-state index contributed by atoms with van der Waals surface area (Å²) in [5.41, 5.74) is 2.83. The molecular weight excluding hydrogens is 314 g/mol. The average Bonchev–Trinajstić information content (AvgIpc) is 2.84. The largest absolute Gasteiger partial charge is 0.464 e. The van der Waals surface area contributed by atoms with Gasteiger partial charge in [0.15, 0.2) is 0 Å². The van der Waals surface area contributed by atoms with E-state index in [-0.39, 0.29) is 11.5 Å². The summed E-state index contributed by atoms with van der Waals surface area (Å²) in [6.07, 6.45) is 10.3. The van der Waals surface area contributed by atoms with Crippen molar-refractivity contribution in [2.75, 3.05) is 19.7 Å². The van der Waals surface area contributed by atoms with Crippen LogP contribution >= 0.6 is 0 Å². The van der Waals surface area contributed by atoms with Gasteiger partial charge in [0.25, 0.3) is 5.91 Å². The zero-order valence-electron chi connectivity index (χ0n) is 14.5. The topological polar surface area (TPSA) is 38.8 Å². The fraction of sp³-hybridized carbons (Fsp3) is 0.381. The first-order valence-electron chi connectivity index (χ1n) is 8.91. The van der Waals surface area contributed by atoms with Crippen molar-refractivity contribution in [3.05, 3.63) is 59.4 Å². The van der Waals surface area contributed by atoms with Crippen LogP contribution in [0.2, 0.25) is 0 Å². The minimum atomic E-state index is -0.164. The Morgan fingerprint density at radius 3 is 2.80 bits per heavy atom. The van der Waals surface area contributed by atoms with Gasteiger partial charge in [0.05, 0.1) is 18.5 Å². The Morgan fingerprint density at radius 1 is 1.20 bits per heavy atom. The van der Waals surface area contributed by atoms with Crippen molar-refractivity contribution in [2.45, 2.75) is 31.8 Å². The number of nitrogens with zero attached hydrogens (tertiary/aromatic N) is 1. The average molecular weight is 337 g/mol. The van der Waals surface area contributed by atoms with Crippen LogP contribution in [0.1, 0.15) is 31.7 Å². The molecule has 4 rings (SSSR count). The third-order valence-electron chi connectivity index (χ3n) is 5.21. The van der Waals surface area contributed by atoms with Gasteiger partial charge < -0.3 is 14.4 Å². The molecule has 0 aliphatic carbocycles. The first-order valence-corrected chi connectivity index (χ1v) is 8.91. The standard InChI is InChI=1S/C21H23NO3/c1-16-6-13-25-21(15-16)8-10-22(11-9-21)20(23)18-7-12-24-19-5-3-2-4-17(19)14-18/h2-5,7,12,14-15H,6,8-11,13H2,1H3. The fourth-order valence-corrected chi connectivity index (χ4v) is 3.77. The van der Waals surface area contributed by atoms with E-state index in [9.17, 15) is 4.79 Å². The molecule has 0 aromatic heterocycles. The van der Waals surface area contributed by atoms with E-state index < -0.39 is 0 Å². The molecule has 1 saturated heterocycles. The molecule has 1 aromatic carbocycles. The Morgan fingerprint density at radius 2 is 2.00 bits per heavy atom. The van der Waals surface area contributed by atoms with Crippen LogP contribution in [0.3, 0.4) is 0 Å². The maximum absolute atomic E-state index is 12.9. The summed E-state index contributed by atoms with van der Waals surface area (Å²) in [7, 11) is 0. The van der Waals surface area contributed by atoms with Gasteiger partial charge in [-0.3, -0.25) is 4.79 Å². The normalized spacial score (nSPS) is 21.7. The van der Waals surface area contributed by atoms with Crippen LogP contribution in [0.5, 0.6) is 5.75 Å². The predicted molar refractivity (Wildman–Crippen MR) is 97.1 cm³/mol. The molecule has 1 fully saturated rings. The molecule has 0 unspecified atom stereocenters. The molecule has 3 aliphatic rings. The lowest BCUT2D eigenvalue weighted by Gasteiger charge is -2.42. The molecule has 130 valence electrons. The second-order valence-electron chi connectivity index (χ2n) is 7.00. The zero-order chi connectivity index (χ0) is 17.3. The van der Waals surface area contributed by atoms with Crippen molar-refractivity contribution < 1.29 is 14.3 Å². The minimum absolute atomic E-state index is 0.0583. The van der Waals surface area contributed by atoms with Crippen molar-refractivity contribution in [3.63, 3.8) is 0 Å². The highest BCUT2D eigenvalue weighted by molar-refractivity contribution is 6.01. The summed E-state index contributed by atoms with van der Waals surface area (Å²) >= 11 is 0. The van der Waals surface area contributed by atoms with Crippen molar-refractivity contribution in [3.8, 4) is 5.75 Å². The fourth-order valence-electron chi connectivity index (χ4n) is 3.77. The first-order chi connectivity index (χ1) is 12.2. The number of likely N-dealkylation sites (tertiary alicyclic amines) is 1. The molecule has 0 N–H and O–H groups in total. The molecule has 0 radical (unpaired) electrons. The summed E-state index contributed by atoms with van der Waals surface area (Å²) < 4.78 is 11.6. The van der Waals surface area contributed by atoms with Crippen LogP contribution in [-0.4, -0.2) is 36.1 Å². The second kappa shape index (κ2) is 6.52. The molecule has 1 spiro atoms. The Hall–Kier alpha value is -2.33. The van der Waals surface area contributed by atoms with Crippen molar-refractivity contribution in [1.29, 1.82) is 0 Å². The van der Waals surface area contributed by atoms with E-state index in [0.717, 1.165) is 50.3 Å². The third-order valence-corrected chi connectivity index (χ3v) is 5.21. The number of rotatable bonds is 1. The van der Waals surface area contributed by atoms with E-state index in [0.29, 0.717) is 5.57 Å². The molecule has 1 aromatic rings. The lowest BCUT2D eigenvalue weighted by atomic mass is 9.86. The van der Waals surface area contributed by atoms with Gasteiger partial charge >= 0.3 is 0 Å². The van der Waals surface area contributed by atoms with Crippen molar-refractivity contribution in [2.24, 2.45) is 0 Å². The van der Waals surface area contributed by atoms with Gasteiger partial charge in [-0.2, -0.15) is 0 Å². The smallest absolute Gasteiger partial charge is 0.253 e. The van der Waals surface area contributed by atoms with E-state index in [1.54, 1.807) is 12.3 Å². The minimum Gasteiger partial charge on any atom is -0.464 e. The van der Waals surface area contributed by atoms with Gasteiger partial charge in [0, 0.05) is 24.2 Å². The Balaban J connectivity index is 1.49. The molecule has 3 heterocycles. The van der Waals surface area contributed by atoms with Gasteiger partial charge in [-0.25, -0.2) is 0 Å². The molecular formula is C21H23NO3. The Kier molecular flexibility index (Phi) is 4.22. The maximum Gasteiger partial charge on any atom is 0.253 e. The highest BCUT2D eigenvalue weighted by Gasteiger charge is 2.37. The Labute approximate surface area is 148 Å². The van der Waals surface area contributed by atoms with Crippen LogP contribution in [0, 0.1) is 0 Å². The van der Waals surface area contributed by atoms with Gasteiger partial charge in [-0.15, -0.1) is 0 Å².